The molecule has 2 aliphatic rings. The second-order valence-electron chi connectivity index (χ2n) is 13.6. The fourth-order valence-electron chi connectivity index (χ4n) is 8.30. The Labute approximate surface area is 302 Å². The van der Waals surface area contributed by atoms with Crippen LogP contribution in [0.25, 0.3) is 72.0 Å². The van der Waals surface area contributed by atoms with Crippen LogP contribution in [0.1, 0.15) is 0 Å². The zero-order chi connectivity index (χ0) is 34.2. The number of nitrogens with zero attached hydrogens (tertiary/aromatic N) is 1. The van der Waals surface area contributed by atoms with Gasteiger partial charge in [-0.3, -0.25) is 0 Å². The van der Waals surface area contributed by atoms with E-state index >= 15 is 0 Å². The molecule has 3 heterocycles. The first-order valence-corrected chi connectivity index (χ1v) is 17.8. The summed E-state index contributed by atoms with van der Waals surface area (Å²) in [4.78, 5) is 0. The van der Waals surface area contributed by atoms with Crippen molar-refractivity contribution in [3.8, 4) is 67.4 Å². The molecule has 1 aromatic heterocycles. The van der Waals surface area contributed by atoms with Crippen molar-refractivity contribution >= 4 is 39.6 Å². The van der Waals surface area contributed by atoms with E-state index in [1.165, 1.54) is 32.9 Å². The number of hydrogen-bond donors (Lipinski definition) is 0. The minimum Gasteiger partial charge on any atom is -0.551 e. The van der Waals surface area contributed by atoms with Crippen molar-refractivity contribution in [1.82, 2.24) is 4.57 Å². The quantitative estimate of drug-likeness (QED) is 0.175. The normalized spacial score (nSPS) is 12.5. The van der Waals surface area contributed by atoms with Gasteiger partial charge < -0.3 is 14.0 Å². The van der Waals surface area contributed by atoms with Gasteiger partial charge in [-0.05, 0) is 81.9 Å². The molecular formula is C48H30BNO2. The van der Waals surface area contributed by atoms with Crippen LogP contribution < -0.4 is 20.3 Å². The Morgan fingerprint density at radius 1 is 0.385 bits per heavy atom. The number of para-hydroxylation sites is 3. The molecule has 0 aliphatic carbocycles. The second kappa shape index (κ2) is 11.4. The van der Waals surface area contributed by atoms with Crippen LogP contribution in [-0.2, 0) is 0 Å². The highest BCUT2D eigenvalue weighted by Gasteiger charge is 2.40. The van der Waals surface area contributed by atoms with Crippen LogP contribution in [0.15, 0.2) is 182 Å². The Balaban J connectivity index is 0.995. The summed E-state index contributed by atoms with van der Waals surface area (Å²) in [5.74, 6) is 2.55. The topological polar surface area (TPSA) is 23.4 Å². The van der Waals surface area contributed by atoms with Gasteiger partial charge >= 0.3 is 6.92 Å². The molecule has 11 rings (SSSR count). The van der Waals surface area contributed by atoms with E-state index in [0.717, 1.165) is 67.2 Å². The molecule has 0 amide bonds. The highest BCUT2D eigenvalue weighted by Crippen LogP contribution is 2.43. The maximum atomic E-state index is 6.91. The summed E-state index contributed by atoms with van der Waals surface area (Å²) in [5, 5.41) is 2.50. The molecule has 4 heteroatoms. The van der Waals surface area contributed by atoms with Gasteiger partial charge in [0.05, 0.1) is 16.7 Å². The summed E-state index contributed by atoms with van der Waals surface area (Å²) in [5.41, 5.74) is 14.8. The number of aromatic nitrogens is 1. The average molecular weight is 664 g/mol. The van der Waals surface area contributed by atoms with E-state index in [1.54, 1.807) is 0 Å². The first kappa shape index (κ1) is 29.0. The highest BCUT2D eigenvalue weighted by atomic mass is 16.5. The van der Waals surface area contributed by atoms with Gasteiger partial charge in [0.25, 0.3) is 0 Å². The maximum absolute atomic E-state index is 6.91. The van der Waals surface area contributed by atoms with Crippen molar-refractivity contribution in [1.29, 1.82) is 0 Å². The third-order valence-corrected chi connectivity index (χ3v) is 10.7. The lowest BCUT2D eigenvalue weighted by atomic mass is 9.51. The third-order valence-electron chi connectivity index (χ3n) is 10.7. The van der Waals surface area contributed by atoms with Gasteiger partial charge in [0.2, 0.25) is 0 Å². The molecule has 0 bridgehead atoms. The zero-order valence-corrected chi connectivity index (χ0v) is 28.2. The van der Waals surface area contributed by atoms with Crippen molar-refractivity contribution < 1.29 is 9.39 Å². The second-order valence-corrected chi connectivity index (χ2v) is 13.6. The molecule has 0 N–H and O–H groups in total. The van der Waals surface area contributed by atoms with Gasteiger partial charge in [-0.2, -0.15) is 0 Å². The maximum Gasteiger partial charge on any atom is 0.434 e. The molecule has 3 nitrogen and oxygen atoms in total. The molecular weight excluding hydrogens is 633 g/mol. The molecule has 0 atom stereocenters. The van der Waals surface area contributed by atoms with Crippen LogP contribution in [-0.4, -0.2) is 11.5 Å². The number of fused-ring (bicyclic) bond motifs is 7. The predicted molar refractivity (Wildman–Crippen MR) is 215 cm³/mol. The Morgan fingerprint density at radius 2 is 1.02 bits per heavy atom. The van der Waals surface area contributed by atoms with Crippen molar-refractivity contribution in [2.75, 3.05) is 0 Å². The van der Waals surface area contributed by atoms with Gasteiger partial charge in [-0.1, -0.05) is 133 Å². The summed E-state index contributed by atoms with van der Waals surface area (Å²) in [6.45, 7) is -0.261. The lowest BCUT2D eigenvalue weighted by Crippen LogP contribution is -2.53. The van der Waals surface area contributed by atoms with Crippen LogP contribution >= 0.6 is 0 Å². The standard InChI is InChI=1S/C48H30BNO2/c1-2-12-31(13-3-1)32-14-10-15-33(28-32)34-24-26-41-47(30-34)51-46-23-11-19-39-40-29-35(25-27-45(40)52-49(41)48(39)46)36-16-4-7-20-42(36)50-43-21-8-5-17-37(43)38-18-6-9-22-44(38)50/h1-30H. The van der Waals surface area contributed by atoms with E-state index in [1.807, 2.05) is 0 Å². The van der Waals surface area contributed by atoms with Crippen LogP contribution in [0.3, 0.4) is 0 Å². The Kier molecular flexibility index (Phi) is 6.35. The molecule has 9 aromatic rings. The first-order valence-electron chi connectivity index (χ1n) is 17.8. The predicted octanol–water partition coefficient (Wildman–Crippen LogP) is 11.1. The Morgan fingerprint density at radius 3 is 1.85 bits per heavy atom. The minimum absolute atomic E-state index is 0.261. The van der Waals surface area contributed by atoms with Gasteiger partial charge in [0, 0.05) is 32.8 Å². The third kappa shape index (κ3) is 4.41. The molecule has 8 aromatic carbocycles. The van der Waals surface area contributed by atoms with Crippen LogP contribution in [0.4, 0.5) is 0 Å². The largest absolute Gasteiger partial charge is 0.551 e. The molecule has 0 fully saturated rings. The van der Waals surface area contributed by atoms with Gasteiger partial charge in [-0.25, -0.2) is 0 Å². The number of rotatable bonds is 4. The van der Waals surface area contributed by atoms with Crippen molar-refractivity contribution in [2.24, 2.45) is 0 Å². The van der Waals surface area contributed by atoms with Crippen molar-refractivity contribution in [3.63, 3.8) is 0 Å². The van der Waals surface area contributed by atoms with E-state index in [4.69, 9.17) is 9.39 Å². The SMILES string of the molecule is c1ccc(-c2cccc(-c3ccc4c(c3)Oc3cccc5c3B4Oc3ccc(-c4ccccc4-n4c6ccccc6c6ccccc64)cc3-5)c2)cc1. The monoisotopic (exact) mass is 663 g/mol. The first-order chi connectivity index (χ1) is 25.8. The molecule has 0 saturated carbocycles. The van der Waals surface area contributed by atoms with Crippen LogP contribution in [0, 0.1) is 0 Å². The minimum atomic E-state index is -0.261. The summed E-state index contributed by atoms with van der Waals surface area (Å²) >= 11 is 0. The van der Waals surface area contributed by atoms with Crippen LogP contribution in [0.2, 0.25) is 0 Å². The Hall–Kier alpha value is -6.78. The highest BCUT2D eigenvalue weighted by molar-refractivity contribution is 6.84. The molecule has 52 heavy (non-hydrogen) atoms. The van der Waals surface area contributed by atoms with Crippen molar-refractivity contribution in [3.05, 3.63) is 182 Å². The van der Waals surface area contributed by atoms with E-state index < -0.39 is 0 Å². The smallest absolute Gasteiger partial charge is 0.434 e. The summed E-state index contributed by atoms with van der Waals surface area (Å²) in [7, 11) is 0. The fourth-order valence-corrected chi connectivity index (χ4v) is 8.30. The molecule has 0 unspecified atom stereocenters. The average Bonchev–Trinajstić information content (AvgIpc) is 3.55. The van der Waals surface area contributed by atoms with Crippen LogP contribution in [0.5, 0.6) is 17.2 Å². The van der Waals surface area contributed by atoms with E-state index in [9.17, 15) is 0 Å². The van der Waals surface area contributed by atoms with Gasteiger partial charge in [-0.15, -0.1) is 0 Å². The summed E-state index contributed by atoms with van der Waals surface area (Å²) in [6, 6.07) is 64.7. The molecule has 2 aliphatic heterocycles. The zero-order valence-electron chi connectivity index (χ0n) is 28.2. The molecule has 0 radical (unpaired) electrons. The molecule has 0 spiro atoms. The van der Waals surface area contributed by atoms with Crippen molar-refractivity contribution in [2.45, 2.75) is 0 Å². The number of benzene rings is 8. The lowest BCUT2D eigenvalue weighted by Gasteiger charge is -2.33. The molecule has 242 valence electrons. The lowest BCUT2D eigenvalue weighted by molar-refractivity contribution is 0.479. The number of hydrogen-bond acceptors (Lipinski definition) is 2. The molecule has 0 saturated heterocycles. The summed E-state index contributed by atoms with van der Waals surface area (Å²) in [6.07, 6.45) is 0. The van der Waals surface area contributed by atoms with Gasteiger partial charge in [0.15, 0.2) is 0 Å². The van der Waals surface area contributed by atoms with Gasteiger partial charge in [0.1, 0.15) is 17.2 Å². The van der Waals surface area contributed by atoms with E-state index in [-0.39, 0.29) is 6.92 Å². The Bertz CT molecular complexity index is 2820. The van der Waals surface area contributed by atoms with E-state index in [0.29, 0.717) is 0 Å². The number of ether oxygens (including phenoxy) is 1. The van der Waals surface area contributed by atoms with E-state index in [2.05, 4.69) is 187 Å². The summed E-state index contributed by atoms with van der Waals surface area (Å²) < 4.78 is 16.0. The fraction of sp³-hybridized carbons (Fsp3) is 0.